The molecule has 0 saturated heterocycles. The Morgan fingerprint density at radius 1 is 1.17 bits per heavy atom. The minimum atomic E-state index is -0.384. The lowest BCUT2D eigenvalue weighted by atomic mass is 10.0. The van der Waals surface area contributed by atoms with Gasteiger partial charge in [-0.1, -0.05) is 23.7 Å². The van der Waals surface area contributed by atoms with E-state index in [4.69, 9.17) is 17.3 Å². The van der Waals surface area contributed by atoms with Crippen molar-refractivity contribution in [2.45, 2.75) is 6.92 Å². The predicted molar refractivity (Wildman–Crippen MR) is 112 cm³/mol. The van der Waals surface area contributed by atoms with Crippen LogP contribution >= 0.6 is 11.6 Å². The molecule has 0 fully saturated rings. The highest BCUT2D eigenvalue weighted by Gasteiger charge is 2.14. The van der Waals surface area contributed by atoms with E-state index in [0.717, 1.165) is 16.5 Å². The summed E-state index contributed by atoms with van der Waals surface area (Å²) in [7, 11) is 0. The summed E-state index contributed by atoms with van der Waals surface area (Å²) in [4.78, 5) is 21.2. The zero-order valence-corrected chi connectivity index (χ0v) is 16.1. The van der Waals surface area contributed by atoms with Crippen molar-refractivity contribution < 1.29 is 9.52 Å². The number of carbonyl (C=O) groups excluding carboxylic acids is 1. The van der Waals surface area contributed by atoms with Crippen molar-refractivity contribution in [1.82, 2.24) is 9.97 Å². The summed E-state index contributed by atoms with van der Waals surface area (Å²) in [6.07, 6.45) is 2.54. The van der Waals surface area contributed by atoms with Gasteiger partial charge in [-0.25, -0.2) is 9.97 Å². The second-order valence-corrected chi connectivity index (χ2v) is 6.96. The molecule has 0 bridgehead atoms. The van der Waals surface area contributed by atoms with Crippen LogP contribution in [0.3, 0.4) is 0 Å². The zero-order valence-electron chi connectivity index (χ0n) is 15.4. The van der Waals surface area contributed by atoms with E-state index in [1.165, 1.54) is 18.5 Å². The molecule has 2 aromatic carbocycles. The van der Waals surface area contributed by atoms with Gasteiger partial charge < -0.3 is 16.3 Å². The third-order valence-electron chi connectivity index (χ3n) is 4.47. The first-order chi connectivity index (χ1) is 13.9. The van der Waals surface area contributed by atoms with Crippen LogP contribution in [0.4, 0.5) is 11.6 Å². The summed E-state index contributed by atoms with van der Waals surface area (Å²) < 4.78 is 0.581. The average molecular weight is 406 g/mol. The van der Waals surface area contributed by atoms with E-state index < -0.39 is 0 Å². The van der Waals surface area contributed by atoms with Crippen LogP contribution in [0.1, 0.15) is 15.9 Å². The van der Waals surface area contributed by atoms with Crippen LogP contribution in [0, 0.1) is 12.1 Å². The number of amides is 1. The van der Waals surface area contributed by atoms with Crippen molar-refractivity contribution in [3.05, 3.63) is 82.3 Å². The Morgan fingerprint density at radius 3 is 2.79 bits per heavy atom. The van der Waals surface area contributed by atoms with Crippen LogP contribution in [-0.2, 0) is 0 Å². The molecule has 4 aromatic rings. The van der Waals surface area contributed by atoms with Crippen LogP contribution in [-0.4, -0.2) is 15.9 Å². The molecule has 1 amide bonds. The summed E-state index contributed by atoms with van der Waals surface area (Å²) in [5.74, 6) is -0.240. The average Bonchev–Trinajstić information content (AvgIpc) is 2.69. The number of benzene rings is 2. The molecule has 0 saturated carbocycles. The Hall–Kier alpha value is -3.71. The summed E-state index contributed by atoms with van der Waals surface area (Å²) >= 11 is 6.15. The van der Waals surface area contributed by atoms with Crippen LogP contribution in [0.5, 0.6) is 0 Å². The third kappa shape index (κ3) is 3.81. The molecule has 29 heavy (non-hydrogen) atoms. The Balaban J connectivity index is 1.77. The summed E-state index contributed by atoms with van der Waals surface area (Å²) in [5.41, 5.74) is 9.64. The number of halogens is 1. The van der Waals surface area contributed by atoms with Gasteiger partial charge in [-0.2, -0.15) is 4.73 Å². The normalized spacial score (nSPS) is 10.8. The molecule has 0 spiro atoms. The topological polar surface area (TPSA) is 108 Å². The molecule has 0 aliphatic carbocycles. The lowest BCUT2D eigenvalue weighted by Crippen LogP contribution is -2.27. The highest BCUT2D eigenvalue weighted by Crippen LogP contribution is 2.31. The van der Waals surface area contributed by atoms with E-state index in [1.54, 1.807) is 24.3 Å². The van der Waals surface area contributed by atoms with Crippen molar-refractivity contribution in [2.24, 2.45) is 0 Å². The van der Waals surface area contributed by atoms with E-state index in [1.807, 2.05) is 25.1 Å². The van der Waals surface area contributed by atoms with E-state index >= 15 is 0 Å². The second-order valence-electron chi connectivity index (χ2n) is 6.53. The van der Waals surface area contributed by atoms with Gasteiger partial charge in [0.25, 0.3) is 5.91 Å². The van der Waals surface area contributed by atoms with Gasteiger partial charge in [0.1, 0.15) is 5.56 Å². The van der Waals surface area contributed by atoms with Gasteiger partial charge in [0.15, 0.2) is 12.4 Å². The fourth-order valence-electron chi connectivity index (χ4n) is 3.03. The number of nitrogens with two attached hydrogens (primary N) is 1. The number of aryl methyl sites for hydroxylation is 1. The lowest BCUT2D eigenvalue weighted by Gasteiger charge is -2.12. The molecule has 2 aromatic heterocycles. The number of fused-ring (bicyclic) bond motifs is 1. The number of hydrogen-bond acceptors (Lipinski definition) is 5. The van der Waals surface area contributed by atoms with E-state index in [0.29, 0.717) is 26.7 Å². The zero-order chi connectivity index (χ0) is 20.5. The quantitative estimate of drug-likeness (QED) is 0.399. The number of carbonyl (C=O) groups is 1. The standard InChI is InChI=1S/C21H16ClN5O2/c1-12-4-5-13(9-18(12)24-20(28)14-3-2-8-27(29)11-14)19-16-10-15(22)6-7-17(16)25-21(23)26-19/h2-11H,1H3,(H,24,28)(H2,23,25,26). The second kappa shape index (κ2) is 7.37. The molecule has 7 nitrogen and oxygen atoms in total. The molecule has 8 heteroatoms. The lowest BCUT2D eigenvalue weighted by molar-refractivity contribution is -0.605. The number of nitrogen functional groups attached to an aromatic ring is 1. The first kappa shape index (κ1) is 18.6. The van der Waals surface area contributed by atoms with Crippen molar-refractivity contribution >= 4 is 40.0 Å². The minimum absolute atomic E-state index is 0.144. The maximum absolute atomic E-state index is 12.6. The molecular weight excluding hydrogens is 390 g/mol. The van der Waals surface area contributed by atoms with Crippen molar-refractivity contribution in [3.8, 4) is 11.3 Å². The SMILES string of the molecule is Cc1ccc(-c2nc(N)nc3ccc(Cl)cc23)cc1NC(=O)c1ccc[n+]([O-])c1. The predicted octanol–water partition coefficient (Wildman–Crippen LogP) is 3.73. The van der Waals surface area contributed by atoms with E-state index in [2.05, 4.69) is 15.3 Å². The smallest absolute Gasteiger partial charge is 0.261 e. The Labute approximate surface area is 171 Å². The van der Waals surface area contributed by atoms with Crippen LogP contribution < -0.4 is 15.8 Å². The van der Waals surface area contributed by atoms with Crippen LogP contribution in [0.25, 0.3) is 22.2 Å². The molecule has 2 heterocycles. The van der Waals surface area contributed by atoms with E-state index in [9.17, 15) is 10.0 Å². The number of nitrogens with zero attached hydrogens (tertiary/aromatic N) is 3. The van der Waals surface area contributed by atoms with E-state index in [-0.39, 0.29) is 17.4 Å². The molecule has 3 N–H and O–H groups in total. The number of anilines is 2. The Morgan fingerprint density at radius 2 is 2.00 bits per heavy atom. The van der Waals surface area contributed by atoms with Gasteiger partial charge in [0.05, 0.1) is 11.2 Å². The van der Waals surface area contributed by atoms with Gasteiger partial charge in [0, 0.05) is 27.7 Å². The largest absolute Gasteiger partial charge is 0.619 e. The molecule has 0 aliphatic rings. The van der Waals surface area contributed by atoms with Crippen molar-refractivity contribution in [3.63, 3.8) is 0 Å². The fraction of sp³-hybridized carbons (Fsp3) is 0.0476. The number of nitrogens with one attached hydrogen (secondary N) is 1. The highest BCUT2D eigenvalue weighted by molar-refractivity contribution is 6.31. The molecular formula is C21H16ClN5O2. The number of hydrogen-bond donors (Lipinski definition) is 2. The summed E-state index contributed by atoms with van der Waals surface area (Å²) in [6, 6.07) is 14.0. The minimum Gasteiger partial charge on any atom is -0.619 e. The molecule has 0 radical (unpaired) electrons. The molecule has 0 unspecified atom stereocenters. The van der Waals surface area contributed by atoms with Gasteiger partial charge in [-0.05, 0) is 42.8 Å². The van der Waals surface area contributed by atoms with Crippen LogP contribution in [0.2, 0.25) is 5.02 Å². The van der Waals surface area contributed by atoms with Crippen molar-refractivity contribution in [2.75, 3.05) is 11.1 Å². The highest BCUT2D eigenvalue weighted by atomic mass is 35.5. The Kier molecular flexibility index (Phi) is 4.74. The Bertz CT molecular complexity index is 1260. The first-order valence-electron chi connectivity index (χ1n) is 8.75. The number of pyridine rings is 1. The monoisotopic (exact) mass is 405 g/mol. The maximum atomic E-state index is 12.6. The van der Waals surface area contributed by atoms with Gasteiger partial charge in [0.2, 0.25) is 5.95 Å². The molecule has 4 rings (SSSR count). The first-order valence-corrected chi connectivity index (χ1v) is 9.12. The fourth-order valence-corrected chi connectivity index (χ4v) is 3.20. The van der Waals surface area contributed by atoms with Gasteiger partial charge in [-0.15, -0.1) is 0 Å². The third-order valence-corrected chi connectivity index (χ3v) is 4.71. The molecule has 0 atom stereocenters. The molecule has 144 valence electrons. The summed E-state index contributed by atoms with van der Waals surface area (Å²) in [6.45, 7) is 1.88. The van der Waals surface area contributed by atoms with Gasteiger partial charge >= 0.3 is 0 Å². The number of rotatable bonds is 3. The number of aromatic nitrogens is 3. The van der Waals surface area contributed by atoms with Crippen molar-refractivity contribution in [1.29, 1.82) is 0 Å². The van der Waals surface area contributed by atoms with Gasteiger partial charge in [-0.3, -0.25) is 4.79 Å². The molecule has 0 aliphatic heterocycles. The summed E-state index contributed by atoms with van der Waals surface area (Å²) in [5, 5.41) is 15.6. The maximum Gasteiger partial charge on any atom is 0.261 e. The van der Waals surface area contributed by atoms with Crippen LogP contribution in [0.15, 0.2) is 60.9 Å².